The van der Waals surface area contributed by atoms with Crippen LogP contribution in [0, 0.1) is 6.92 Å². The third-order valence-corrected chi connectivity index (χ3v) is 4.58. The van der Waals surface area contributed by atoms with E-state index in [0.29, 0.717) is 5.02 Å². The SMILES string of the molecule is CCn1ncc(Cl)c1C(N)CSc1ccccc1C. The van der Waals surface area contributed by atoms with Crippen molar-refractivity contribution in [2.24, 2.45) is 5.73 Å². The van der Waals surface area contributed by atoms with E-state index in [4.69, 9.17) is 17.3 Å². The Morgan fingerprint density at radius 2 is 2.16 bits per heavy atom. The van der Waals surface area contributed by atoms with Crippen LogP contribution in [-0.2, 0) is 6.54 Å². The van der Waals surface area contributed by atoms with Crippen molar-refractivity contribution in [3.63, 3.8) is 0 Å². The lowest BCUT2D eigenvalue weighted by Gasteiger charge is -2.14. The van der Waals surface area contributed by atoms with Crippen molar-refractivity contribution in [1.29, 1.82) is 0 Å². The summed E-state index contributed by atoms with van der Waals surface area (Å²) in [7, 11) is 0. The molecular formula is C14H18ClN3S. The molecule has 102 valence electrons. The Kier molecular flexibility index (Phi) is 4.91. The van der Waals surface area contributed by atoms with Gasteiger partial charge in [-0.15, -0.1) is 11.8 Å². The Hall–Kier alpha value is -0.970. The molecule has 3 nitrogen and oxygen atoms in total. The maximum Gasteiger partial charge on any atom is 0.0834 e. The van der Waals surface area contributed by atoms with Crippen molar-refractivity contribution in [2.75, 3.05) is 5.75 Å². The minimum Gasteiger partial charge on any atom is -0.322 e. The first-order valence-electron chi connectivity index (χ1n) is 6.28. The third-order valence-electron chi connectivity index (χ3n) is 3.00. The summed E-state index contributed by atoms with van der Waals surface area (Å²) in [5.74, 6) is 0.788. The summed E-state index contributed by atoms with van der Waals surface area (Å²) in [5, 5.41) is 4.88. The highest BCUT2D eigenvalue weighted by Crippen LogP contribution is 2.28. The summed E-state index contributed by atoms with van der Waals surface area (Å²) in [6.07, 6.45) is 1.67. The van der Waals surface area contributed by atoms with Crippen LogP contribution in [0.5, 0.6) is 0 Å². The van der Waals surface area contributed by atoms with Gasteiger partial charge in [0.05, 0.1) is 23.0 Å². The van der Waals surface area contributed by atoms with Crippen LogP contribution < -0.4 is 5.73 Å². The molecule has 2 rings (SSSR count). The van der Waals surface area contributed by atoms with Crippen LogP contribution in [0.25, 0.3) is 0 Å². The molecule has 0 amide bonds. The number of rotatable bonds is 5. The number of hydrogen-bond donors (Lipinski definition) is 1. The van der Waals surface area contributed by atoms with Crippen LogP contribution in [0.3, 0.4) is 0 Å². The van der Waals surface area contributed by atoms with E-state index in [-0.39, 0.29) is 6.04 Å². The highest BCUT2D eigenvalue weighted by molar-refractivity contribution is 7.99. The summed E-state index contributed by atoms with van der Waals surface area (Å²) >= 11 is 7.92. The predicted octanol–water partition coefficient (Wildman–Crippen LogP) is 3.66. The van der Waals surface area contributed by atoms with E-state index in [0.717, 1.165) is 18.0 Å². The van der Waals surface area contributed by atoms with Gasteiger partial charge in [0.25, 0.3) is 0 Å². The number of halogens is 1. The molecule has 2 N–H and O–H groups in total. The zero-order chi connectivity index (χ0) is 13.8. The van der Waals surface area contributed by atoms with Gasteiger partial charge >= 0.3 is 0 Å². The van der Waals surface area contributed by atoms with Crippen molar-refractivity contribution in [3.8, 4) is 0 Å². The standard InChI is InChI=1S/C14H18ClN3S/c1-3-18-14(11(15)8-17-18)12(16)9-19-13-7-5-4-6-10(13)2/h4-8,12H,3,9,16H2,1-2H3. The first kappa shape index (κ1) is 14.4. The number of benzene rings is 1. The average Bonchev–Trinajstić information content (AvgIpc) is 2.78. The van der Waals surface area contributed by atoms with Crippen molar-refractivity contribution < 1.29 is 0 Å². The van der Waals surface area contributed by atoms with Crippen LogP contribution >= 0.6 is 23.4 Å². The normalized spacial score (nSPS) is 12.6. The fraction of sp³-hybridized carbons (Fsp3) is 0.357. The largest absolute Gasteiger partial charge is 0.322 e. The number of nitrogens with two attached hydrogens (primary N) is 1. The summed E-state index contributed by atoms with van der Waals surface area (Å²) in [6.45, 7) is 4.93. The molecule has 2 aromatic rings. The van der Waals surface area contributed by atoms with E-state index >= 15 is 0 Å². The van der Waals surface area contributed by atoms with Gasteiger partial charge in [0, 0.05) is 17.2 Å². The topological polar surface area (TPSA) is 43.8 Å². The van der Waals surface area contributed by atoms with Crippen LogP contribution in [0.4, 0.5) is 0 Å². The third kappa shape index (κ3) is 3.32. The van der Waals surface area contributed by atoms with E-state index in [2.05, 4.69) is 24.2 Å². The van der Waals surface area contributed by atoms with Gasteiger partial charge in [0.1, 0.15) is 0 Å². The van der Waals surface area contributed by atoms with Gasteiger partial charge in [0.2, 0.25) is 0 Å². The minimum absolute atomic E-state index is 0.112. The number of aromatic nitrogens is 2. The molecule has 5 heteroatoms. The first-order chi connectivity index (χ1) is 9.13. The fourth-order valence-corrected chi connectivity index (χ4v) is 3.24. The molecule has 0 aliphatic heterocycles. The fourth-order valence-electron chi connectivity index (χ4n) is 1.97. The van der Waals surface area contributed by atoms with Crippen LogP contribution in [0.2, 0.25) is 5.02 Å². The van der Waals surface area contributed by atoms with Gasteiger partial charge in [-0.1, -0.05) is 29.8 Å². The number of thioether (sulfide) groups is 1. The van der Waals surface area contributed by atoms with Crippen molar-refractivity contribution in [2.45, 2.75) is 31.3 Å². The van der Waals surface area contributed by atoms with Crippen LogP contribution in [-0.4, -0.2) is 15.5 Å². The molecule has 1 heterocycles. The van der Waals surface area contributed by atoms with Gasteiger partial charge in [-0.2, -0.15) is 5.10 Å². The van der Waals surface area contributed by atoms with Crippen LogP contribution in [0.15, 0.2) is 35.4 Å². The smallest absolute Gasteiger partial charge is 0.0834 e. The van der Waals surface area contributed by atoms with Crippen molar-refractivity contribution in [3.05, 3.63) is 46.7 Å². The van der Waals surface area contributed by atoms with Gasteiger partial charge in [0.15, 0.2) is 0 Å². The maximum absolute atomic E-state index is 6.25. The second-order valence-electron chi connectivity index (χ2n) is 4.38. The molecule has 19 heavy (non-hydrogen) atoms. The second kappa shape index (κ2) is 6.46. The van der Waals surface area contributed by atoms with Gasteiger partial charge in [-0.3, -0.25) is 4.68 Å². The molecule has 0 bridgehead atoms. The van der Waals surface area contributed by atoms with Crippen LogP contribution in [0.1, 0.15) is 24.2 Å². The van der Waals surface area contributed by atoms with Gasteiger partial charge in [-0.25, -0.2) is 0 Å². The highest BCUT2D eigenvalue weighted by atomic mass is 35.5. The molecule has 0 aliphatic carbocycles. The van der Waals surface area contributed by atoms with E-state index in [9.17, 15) is 0 Å². The summed E-state index contributed by atoms with van der Waals surface area (Å²) in [4.78, 5) is 1.26. The minimum atomic E-state index is -0.112. The quantitative estimate of drug-likeness (QED) is 0.856. The first-order valence-corrected chi connectivity index (χ1v) is 7.65. The molecule has 0 fully saturated rings. The maximum atomic E-state index is 6.25. The van der Waals surface area contributed by atoms with E-state index in [1.54, 1.807) is 18.0 Å². The number of nitrogens with zero attached hydrogens (tertiary/aromatic N) is 2. The Labute approximate surface area is 123 Å². The second-order valence-corrected chi connectivity index (χ2v) is 5.85. The molecule has 0 saturated heterocycles. The van der Waals surface area contributed by atoms with E-state index < -0.39 is 0 Å². The predicted molar refractivity (Wildman–Crippen MR) is 81.7 cm³/mol. The monoisotopic (exact) mass is 295 g/mol. The molecule has 1 aromatic heterocycles. The molecule has 0 aliphatic rings. The summed E-state index contributed by atoms with van der Waals surface area (Å²) < 4.78 is 1.87. The molecule has 0 spiro atoms. The van der Waals surface area contributed by atoms with Gasteiger partial charge in [-0.05, 0) is 25.5 Å². The zero-order valence-corrected chi connectivity index (χ0v) is 12.7. The summed E-state index contributed by atoms with van der Waals surface area (Å²) in [5.41, 5.74) is 8.44. The molecule has 1 aromatic carbocycles. The van der Waals surface area contributed by atoms with Crippen molar-refractivity contribution >= 4 is 23.4 Å². The molecule has 0 saturated carbocycles. The lowest BCUT2D eigenvalue weighted by Crippen LogP contribution is -2.18. The number of hydrogen-bond acceptors (Lipinski definition) is 3. The Balaban J connectivity index is 2.07. The van der Waals surface area contributed by atoms with Gasteiger partial charge < -0.3 is 5.73 Å². The molecular weight excluding hydrogens is 278 g/mol. The summed E-state index contributed by atoms with van der Waals surface area (Å²) in [6, 6.07) is 8.20. The van der Waals surface area contributed by atoms with E-state index in [1.807, 2.05) is 23.7 Å². The van der Waals surface area contributed by atoms with E-state index in [1.165, 1.54) is 10.5 Å². The molecule has 0 radical (unpaired) electrons. The Morgan fingerprint density at radius 3 is 2.84 bits per heavy atom. The highest BCUT2D eigenvalue weighted by Gasteiger charge is 2.16. The Bertz CT molecular complexity index is 553. The average molecular weight is 296 g/mol. The molecule has 1 atom stereocenters. The lowest BCUT2D eigenvalue weighted by molar-refractivity contribution is 0.593. The number of aryl methyl sites for hydroxylation is 2. The zero-order valence-electron chi connectivity index (χ0n) is 11.1. The van der Waals surface area contributed by atoms with Crippen molar-refractivity contribution in [1.82, 2.24) is 9.78 Å². The Morgan fingerprint density at radius 1 is 1.42 bits per heavy atom. The lowest BCUT2D eigenvalue weighted by atomic mass is 10.2. The molecule has 1 unspecified atom stereocenters.